The molecule has 0 unspecified atom stereocenters. The van der Waals surface area contributed by atoms with Crippen LogP contribution in [0.15, 0.2) is 12.1 Å². The van der Waals surface area contributed by atoms with Crippen LogP contribution in [0.4, 0.5) is 10.6 Å². The third kappa shape index (κ3) is 6.36. The number of pyridine rings is 1. The maximum atomic E-state index is 12.1. The van der Waals surface area contributed by atoms with Crippen molar-refractivity contribution in [2.45, 2.75) is 77.4 Å². The van der Waals surface area contributed by atoms with Crippen LogP contribution in [0.5, 0.6) is 0 Å². The average molecular weight is 390 g/mol. The fraction of sp³-hybridized carbons (Fsp3) is 0.727. The van der Waals surface area contributed by atoms with Crippen molar-refractivity contribution >= 4 is 11.9 Å². The van der Waals surface area contributed by atoms with Crippen LogP contribution >= 0.6 is 0 Å². The highest BCUT2D eigenvalue weighted by Crippen LogP contribution is 2.21. The fourth-order valence-electron chi connectivity index (χ4n) is 3.70. The topological polar surface area (TPSA) is 63.7 Å². The van der Waals surface area contributed by atoms with E-state index in [2.05, 4.69) is 17.4 Å². The molecule has 6 nitrogen and oxygen atoms in total. The molecule has 0 bridgehead atoms. The molecule has 0 saturated carbocycles. The Labute approximate surface area is 169 Å². The lowest BCUT2D eigenvalue weighted by Crippen LogP contribution is -2.36. The van der Waals surface area contributed by atoms with Gasteiger partial charge in [-0.2, -0.15) is 0 Å². The van der Waals surface area contributed by atoms with Gasteiger partial charge < -0.3 is 19.7 Å². The molecule has 6 heteroatoms. The van der Waals surface area contributed by atoms with Crippen LogP contribution < -0.4 is 5.32 Å². The van der Waals surface area contributed by atoms with Gasteiger partial charge in [0.1, 0.15) is 11.4 Å². The van der Waals surface area contributed by atoms with Gasteiger partial charge in [-0.25, -0.2) is 9.78 Å². The SMILES string of the molecule is CC(C)(C)OC(=O)N1CC[C@@H](OCCCCCc2ccc3c(n2)NCCC3)C1. The first-order chi connectivity index (χ1) is 13.4. The van der Waals surface area contributed by atoms with Gasteiger partial charge in [0, 0.05) is 25.4 Å². The Morgan fingerprint density at radius 3 is 2.96 bits per heavy atom. The number of hydrogen-bond donors (Lipinski definition) is 1. The molecule has 0 radical (unpaired) electrons. The number of nitrogens with one attached hydrogen (secondary N) is 1. The molecule has 1 saturated heterocycles. The Balaban J connectivity index is 1.27. The molecule has 156 valence electrons. The fourth-order valence-corrected chi connectivity index (χ4v) is 3.70. The van der Waals surface area contributed by atoms with Gasteiger partial charge in [0.25, 0.3) is 0 Å². The molecule has 0 aromatic carbocycles. The quantitative estimate of drug-likeness (QED) is 0.709. The Morgan fingerprint density at radius 2 is 2.14 bits per heavy atom. The summed E-state index contributed by atoms with van der Waals surface area (Å²) >= 11 is 0. The second-order valence-corrected chi connectivity index (χ2v) is 8.86. The Bertz CT molecular complexity index is 657. The highest BCUT2D eigenvalue weighted by atomic mass is 16.6. The largest absolute Gasteiger partial charge is 0.444 e. The van der Waals surface area contributed by atoms with E-state index in [1.807, 2.05) is 20.8 Å². The molecule has 2 aliphatic heterocycles. The van der Waals surface area contributed by atoms with Gasteiger partial charge in [-0.3, -0.25) is 0 Å². The first-order valence-corrected chi connectivity index (χ1v) is 10.7. The normalized spacial score (nSPS) is 19.2. The van der Waals surface area contributed by atoms with E-state index in [1.54, 1.807) is 4.90 Å². The van der Waals surface area contributed by atoms with E-state index in [4.69, 9.17) is 14.5 Å². The number of unbranched alkanes of at least 4 members (excludes halogenated alkanes) is 2. The number of carbonyl (C=O) groups is 1. The highest BCUT2D eigenvalue weighted by molar-refractivity contribution is 5.68. The summed E-state index contributed by atoms with van der Waals surface area (Å²) in [7, 11) is 0. The first kappa shape index (κ1) is 20.9. The van der Waals surface area contributed by atoms with Gasteiger partial charge >= 0.3 is 6.09 Å². The van der Waals surface area contributed by atoms with Crippen molar-refractivity contribution in [1.29, 1.82) is 0 Å². The van der Waals surface area contributed by atoms with Crippen molar-refractivity contribution < 1.29 is 14.3 Å². The summed E-state index contributed by atoms with van der Waals surface area (Å²) in [5.74, 6) is 1.09. The molecule has 1 fully saturated rings. The van der Waals surface area contributed by atoms with Crippen LogP contribution in [-0.4, -0.2) is 53.9 Å². The van der Waals surface area contributed by atoms with E-state index in [0.717, 1.165) is 64.0 Å². The standard InChI is InChI=1S/C22H35N3O3/c1-22(2,3)28-21(26)25-14-12-19(16-25)27-15-6-4-5-9-18-11-10-17-8-7-13-23-20(17)24-18/h10-11,19H,4-9,12-16H2,1-3H3,(H,23,24)/t19-/m1/s1. The summed E-state index contributed by atoms with van der Waals surface area (Å²) in [6.45, 7) is 8.83. The van der Waals surface area contributed by atoms with Gasteiger partial charge in [-0.15, -0.1) is 0 Å². The van der Waals surface area contributed by atoms with Gasteiger partial charge in [0.2, 0.25) is 0 Å². The van der Waals surface area contributed by atoms with Crippen LogP contribution in [0.25, 0.3) is 0 Å². The number of amides is 1. The lowest BCUT2D eigenvalue weighted by atomic mass is 10.1. The predicted octanol–water partition coefficient (Wildman–Crippen LogP) is 4.18. The maximum absolute atomic E-state index is 12.1. The number of ether oxygens (including phenoxy) is 2. The third-order valence-corrected chi connectivity index (χ3v) is 5.18. The first-order valence-electron chi connectivity index (χ1n) is 10.7. The molecular weight excluding hydrogens is 354 g/mol. The van der Waals surface area contributed by atoms with E-state index < -0.39 is 5.60 Å². The number of nitrogens with zero attached hydrogens (tertiary/aromatic N) is 2. The van der Waals surface area contributed by atoms with Crippen LogP contribution in [0.2, 0.25) is 0 Å². The van der Waals surface area contributed by atoms with Crippen molar-refractivity contribution in [1.82, 2.24) is 9.88 Å². The van der Waals surface area contributed by atoms with Crippen molar-refractivity contribution in [3.8, 4) is 0 Å². The van der Waals surface area contributed by atoms with Crippen molar-refractivity contribution in [2.75, 3.05) is 31.6 Å². The number of carbonyl (C=O) groups excluding carboxylic acids is 1. The summed E-state index contributed by atoms with van der Waals surface area (Å²) < 4.78 is 11.4. The molecule has 1 aromatic rings. The lowest BCUT2D eigenvalue weighted by Gasteiger charge is -2.24. The van der Waals surface area contributed by atoms with E-state index in [0.29, 0.717) is 6.54 Å². The number of hydrogen-bond acceptors (Lipinski definition) is 5. The Morgan fingerprint density at radius 1 is 1.29 bits per heavy atom. The molecule has 0 spiro atoms. The number of aryl methyl sites for hydroxylation is 2. The van der Waals surface area contributed by atoms with Crippen molar-refractivity contribution in [3.63, 3.8) is 0 Å². The smallest absolute Gasteiger partial charge is 0.410 e. The minimum Gasteiger partial charge on any atom is -0.444 e. The van der Waals surface area contributed by atoms with Crippen LogP contribution in [0, 0.1) is 0 Å². The van der Waals surface area contributed by atoms with E-state index in [9.17, 15) is 4.79 Å². The van der Waals surface area contributed by atoms with E-state index in [-0.39, 0.29) is 12.2 Å². The van der Waals surface area contributed by atoms with Gasteiger partial charge in [0.15, 0.2) is 0 Å². The molecule has 1 amide bonds. The lowest BCUT2D eigenvalue weighted by molar-refractivity contribution is 0.0206. The monoisotopic (exact) mass is 389 g/mol. The number of likely N-dealkylation sites (tertiary alicyclic amines) is 1. The zero-order chi connectivity index (χ0) is 20.0. The minimum atomic E-state index is -0.445. The zero-order valence-electron chi connectivity index (χ0n) is 17.6. The average Bonchev–Trinajstić information content (AvgIpc) is 3.12. The minimum absolute atomic E-state index is 0.140. The molecule has 28 heavy (non-hydrogen) atoms. The summed E-state index contributed by atoms with van der Waals surface area (Å²) in [5.41, 5.74) is 2.08. The van der Waals surface area contributed by atoms with Crippen molar-refractivity contribution in [2.24, 2.45) is 0 Å². The second kappa shape index (κ2) is 9.59. The summed E-state index contributed by atoms with van der Waals surface area (Å²) in [5, 5.41) is 3.40. The van der Waals surface area contributed by atoms with Crippen LogP contribution in [0.1, 0.15) is 64.1 Å². The van der Waals surface area contributed by atoms with Crippen molar-refractivity contribution in [3.05, 3.63) is 23.4 Å². The molecule has 3 rings (SSSR count). The van der Waals surface area contributed by atoms with Gasteiger partial charge in [-0.1, -0.05) is 12.5 Å². The molecule has 1 atom stereocenters. The predicted molar refractivity (Wildman–Crippen MR) is 111 cm³/mol. The Hall–Kier alpha value is -1.82. The molecule has 0 aliphatic carbocycles. The summed E-state index contributed by atoms with van der Waals surface area (Å²) in [4.78, 5) is 18.6. The molecule has 1 aromatic heterocycles. The third-order valence-electron chi connectivity index (χ3n) is 5.18. The number of rotatable bonds is 7. The highest BCUT2D eigenvalue weighted by Gasteiger charge is 2.30. The van der Waals surface area contributed by atoms with E-state index >= 15 is 0 Å². The number of fused-ring (bicyclic) bond motifs is 1. The second-order valence-electron chi connectivity index (χ2n) is 8.86. The van der Waals surface area contributed by atoms with Crippen LogP contribution in [-0.2, 0) is 22.3 Å². The summed E-state index contributed by atoms with van der Waals surface area (Å²) in [6.07, 6.45) is 7.47. The molecule has 3 heterocycles. The Kier molecular flexibility index (Phi) is 7.16. The number of aromatic nitrogens is 1. The van der Waals surface area contributed by atoms with E-state index in [1.165, 1.54) is 17.7 Å². The van der Waals surface area contributed by atoms with Gasteiger partial charge in [-0.05, 0) is 70.9 Å². The molecular formula is C22H35N3O3. The molecule has 1 N–H and O–H groups in total. The van der Waals surface area contributed by atoms with Gasteiger partial charge in [0.05, 0.1) is 12.6 Å². The number of anilines is 1. The summed E-state index contributed by atoms with van der Waals surface area (Å²) in [6, 6.07) is 4.40. The van der Waals surface area contributed by atoms with Crippen LogP contribution in [0.3, 0.4) is 0 Å². The molecule has 2 aliphatic rings. The zero-order valence-corrected chi connectivity index (χ0v) is 17.6. The maximum Gasteiger partial charge on any atom is 0.410 e.